The molecule has 5 amide bonds. The summed E-state index contributed by atoms with van der Waals surface area (Å²) in [6, 6.07) is 10.4. The van der Waals surface area contributed by atoms with Crippen LogP contribution in [-0.4, -0.2) is 137 Å². The van der Waals surface area contributed by atoms with Crippen molar-refractivity contribution in [3.63, 3.8) is 0 Å². The molecule has 2 atom stereocenters. The highest BCUT2D eigenvalue weighted by molar-refractivity contribution is 6.12. The quantitative estimate of drug-likeness (QED) is 0.0422. The Bertz CT molecular complexity index is 2100. The summed E-state index contributed by atoms with van der Waals surface area (Å²) in [5.74, 6) is -6.43. The molecule has 2 aromatic carbocycles. The van der Waals surface area contributed by atoms with Gasteiger partial charge in [0, 0.05) is 37.0 Å². The van der Waals surface area contributed by atoms with E-state index >= 15 is 0 Å². The minimum Gasteiger partial charge on any atom is -0.475 e. The smallest absolute Gasteiger partial charge is 0.475 e. The number of aliphatic hydroxyl groups excluding tert-OH is 1. The van der Waals surface area contributed by atoms with E-state index in [1.165, 1.54) is 17.1 Å². The van der Waals surface area contributed by atoms with Crippen molar-refractivity contribution in [3.8, 4) is 11.3 Å². The lowest BCUT2D eigenvalue weighted by Gasteiger charge is -2.40. The summed E-state index contributed by atoms with van der Waals surface area (Å²) < 4.78 is 78.9. The number of aromatic nitrogens is 2. The zero-order valence-corrected chi connectivity index (χ0v) is 35.8. The summed E-state index contributed by atoms with van der Waals surface area (Å²) >= 11 is 0. The molecule has 2 heterocycles. The number of nitrogens with two attached hydrogens (primary N) is 1. The van der Waals surface area contributed by atoms with Crippen LogP contribution in [0.2, 0.25) is 0 Å². The van der Waals surface area contributed by atoms with Gasteiger partial charge >= 0.3 is 12.1 Å². The number of hydrazine groups is 1. The van der Waals surface area contributed by atoms with Gasteiger partial charge in [-0.3, -0.25) is 39.7 Å². The van der Waals surface area contributed by atoms with E-state index in [1.807, 2.05) is 51.1 Å². The van der Waals surface area contributed by atoms with E-state index in [1.54, 1.807) is 10.8 Å². The van der Waals surface area contributed by atoms with Gasteiger partial charge in [-0.05, 0) is 35.6 Å². The lowest BCUT2D eigenvalue weighted by Crippen LogP contribution is -2.51. The highest BCUT2D eigenvalue weighted by Gasteiger charge is 2.39. The molecule has 0 saturated heterocycles. The molecule has 2 unspecified atom stereocenters. The zero-order chi connectivity index (χ0) is 48.3. The van der Waals surface area contributed by atoms with Crippen LogP contribution < -0.4 is 16.6 Å². The molecule has 23 heteroatoms. The summed E-state index contributed by atoms with van der Waals surface area (Å²) in [7, 11) is 0. The average Bonchev–Trinajstić information content (AvgIpc) is 3.80. The standard InChI is InChI=1S/C40H51F2N7O9.C2HF3O2/c1-40(2,3)37(38-44-32(29-23-28(41)9-10-30(29)42)25-47(38)24-27-7-5-4-6-8-27)49(36(54)26-50)15-13-31(43)39(55)46-45-33(51)14-17-56-19-21-58-22-20-57-18-16-48-34(52)11-12-35(48)53;3-2(4,5)1(6)7/h4-12,23,25,31,37,50H,13-22,24,26,43H2,1-3H3,(H,45,51)(H,46,55);(H,6,7). The fourth-order valence-corrected chi connectivity index (χ4v) is 6.07. The van der Waals surface area contributed by atoms with Crippen LogP contribution in [0.25, 0.3) is 11.3 Å². The molecule has 0 spiro atoms. The number of hydrogen-bond acceptors (Lipinski definition) is 12. The van der Waals surface area contributed by atoms with Crippen molar-refractivity contribution in [2.45, 2.75) is 58.4 Å². The normalized spacial score (nSPS) is 13.5. The molecule has 1 aromatic heterocycles. The second-order valence-corrected chi connectivity index (χ2v) is 15.2. The van der Waals surface area contributed by atoms with Gasteiger partial charge in [0.15, 0.2) is 0 Å². The third-order valence-corrected chi connectivity index (χ3v) is 9.20. The lowest BCUT2D eigenvalue weighted by atomic mass is 9.84. The number of carbonyl (C=O) groups excluding carboxylic acids is 5. The molecule has 4 rings (SSSR count). The maximum atomic E-state index is 15.0. The van der Waals surface area contributed by atoms with Crippen molar-refractivity contribution in [3.05, 3.63) is 89.9 Å². The molecule has 3 aromatic rings. The van der Waals surface area contributed by atoms with Crippen LogP contribution >= 0.6 is 0 Å². The van der Waals surface area contributed by atoms with Gasteiger partial charge < -0.3 is 39.6 Å². The Morgan fingerprint density at radius 2 is 1.46 bits per heavy atom. The molecule has 0 radical (unpaired) electrons. The molecule has 0 saturated carbocycles. The van der Waals surface area contributed by atoms with Gasteiger partial charge in [0.05, 0.1) is 70.4 Å². The largest absolute Gasteiger partial charge is 0.490 e. The van der Waals surface area contributed by atoms with Crippen molar-refractivity contribution in [1.29, 1.82) is 0 Å². The number of rotatable bonds is 22. The number of aliphatic carboxylic acids is 1. The van der Waals surface area contributed by atoms with Crippen LogP contribution in [0.4, 0.5) is 22.0 Å². The van der Waals surface area contributed by atoms with E-state index in [2.05, 4.69) is 10.9 Å². The Labute approximate surface area is 370 Å². The number of carboxylic acid groups (broad SMARTS) is 1. The maximum Gasteiger partial charge on any atom is 0.490 e. The molecule has 1 aliphatic rings. The van der Waals surface area contributed by atoms with Gasteiger partial charge in [0.25, 0.3) is 17.7 Å². The SMILES string of the molecule is CC(C)(C)C(c1nc(-c2cc(F)ccc2F)cn1Cc1ccccc1)N(CCC(N)C(=O)NNC(=O)CCOCCOCCOCCN1C(=O)C=CC1=O)C(=O)CO.O=C(O)C(F)(F)F. The highest BCUT2D eigenvalue weighted by atomic mass is 19.4. The molecular weight excluding hydrogens is 873 g/mol. The predicted octanol–water partition coefficient (Wildman–Crippen LogP) is 2.65. The summed E-state index contributed by atoms with van der Waals surface area (Å²) in [6.45, 7) is 6.22. The van der Waals surface area contributed by atoms with Gasteiger partial charge in [-0.25, -0.2) is 18.6 Å². The highest BCUT2D eigenvalue weighted by Crippen LogP contribution is 2.39. The summed E-state index contributed by atoms with van der Waals surface area (Å²) in [4.78, 5) is 77.7. The second-order valence-electron chi connectivity index (χ2n) is 15.2. The molecule has 0 fully saturated rings. The van der Waals surface area contributed by atoms with Crippen LogP contribution in [0.15, 0.2) is 66.9 Å². The molecule has 0 aliphatic carbocycles. The van der Waals surface area contributed by atoms with Crippen molar-refractivity contribution in [2.75, 3.05) is 59.3 Å². The Balaban J connectivity index is 0.00000148. The van der Waals surface area contributed by atoms with Gasteiger partial charge in [-0.15, -0.1) is 0 Å². The van der Waals surface area contributed by atoms with Crippen molar-refractivity contribution in [2.24, 2.45) is 11.1 Å². The summed E-state index contributed by atoms with van der Waals surface area (Å²) in [6.07, 6.45) is -1.23. The van der Waals surface area contributed by atoms with Crippen LogP contribution in [0.1, 0.15) is 51.0 Å². The first kappa shape index (κ1) is 53.2. The fraction of sp³-hybridized carbons (Fsp3) is 0.452. The Kier molecular flexibility index (Phi) is 20.8. The van der Waals surface area contributed by atoms with Crippen molar-refractivity contribution >= 4 is 35.5 Å². The molecule has 18 nitrogen and oxygen atoms in total. The maximum absolute atomic E-state index is 15.0. The minimum atomic E-state index is -5.08. The Morgan fingerprint density at radius 1 is 0.877 bits per heavy atom. The zero-order valence-electron chi connectivity index (χ0n) is 35.8. The summed E-state index contributed by atoms with van der Waals surface area (Å²) in [5, 5.41) is 17.2. The number of hydrogen-bond donors (Lipinski definition) is 5. The predicted molar refractivity (Wildman–Crippen MR) is 220 cm³/mol. The Hall–Kier alpha value is -6.14. The molecule has 65 heavy (non-hydrogen) atoms. The minimum absolute atomic E-state index is 0.0412. The molecular formula is C42H52F5N7O11. The van der Waals surface area contributed by atoms with Crippen LogP contribution in [0.5, 0.6) is 0 Å². The number of amides is 5. The number of halogens is 5. The summed E-state index contributed by atoms with van der Waals surface area (Å²) in [5.41, 5.74) is 11.0. The first-order valence-corrected chi connectivity index (χ1v) is 20.0. The number of alkyl halides is 3. The number of imidazole rings is 1. The fourth-order valence-electron chi connectivity index (χ4n) is 6.07. The number of nitrogens with zero attached hydrogens (tertiary/aromatic N) is 4. The van der Waals surface area contributed by atoms with Crippen LogP contribution in [0.3, 0.4) is 0 Å². The van der Waals surface area contributed by atoms with E-state index in [9.17, 15) is 51.0 Å². The lowest BCUT2D eigenvalue weighted by molar-refractivity contribution is -0.192. The van der Waals surface area contributed by atoms with Gasteiger partial charge in [0.1, 0.15) is 24.1 Å². The first-order chi connectivity index (χ1) is 30.6. The average molecular weight is 926 g/mol. The number of carbonyl (C=O) groups is 6. The van der Waals surface area contributed by atoms with Crippen LogP contribution in [-0.2, 0) is 49.5 Å². The van der Waals surface area contributed by atoms with Crippen molar-refractivity contribution < 1.29 is 75.1 Å². The number of carboxylic acids is 1. The molecule has 6 N–H and O–H groups in total. The van der Waals surface area contributed by atoms with E-state index in [-0.39, 0.29) is 95.2 Å². The first-order valence-electron chi connectivity index (χ1n) is 20.0. The monoisotopic (exact) mass is 925 g/mol. The molecule has 1 aliphatic heterocycles. The van der Waals surface area contributed by atoms with Gasteiger partial charge in [-0.2, -0.15) is 13.2 Å². The second kappa shape index (κ2) is 25.4. The number of nitrogens with one attached hydrogen (secondary N) is 2. The number of imide groups is 1. The molecule has 0 bridgehead atoms. The van der Waals surface area contributed by atoms with Crippen LogP contribution in [0, 0.1) is 17.0 Å². The van der Waals surface area contributed by atoms with Crippen molar-refractivity contribution in [1.82, 2.24) is 30.2 Å². The number of ether oxygens (including phenoxy) is 3. The van der Waals surface area contributed by atoms with E-state index < -0.39 is 65.6 Å². The third kappa shape index (κ3) is 17.4. The topological polar surface area (TPSA) is 245 Å². The van der Waals surface area contributed by atoms with Gasteiger partial charge in [-0.1, -0.05) is 51.1 Å². The Morgan fingerprint density at radius 3 is 2.03 bits per heavy atom. The van der Waals surface area contributed by atoms with E-state index in [0.717, 1.165) is 28.7 Å². The molecule has 356 valence electrons. The number of aliphatic hydroxyl groups is 1. The third-order valence-electron chi connectivity index (χ3n) is 9.20. The van der Waals surface area contributed by atoms with E-state index in [0.29, 0.717) is 5.82 Å². The van der Waals surface area contributed by atoms with Gasteiger partial charge in [0.2, 0.25) is 11.8 Å². The van der Waals surface area contributed by atoms with E-state index in [4.69, 9.17) is 34.8 Å². The number of benzene rings is 2.